The van der Waals surface area contributed by atoms with E-state index in [-0.39, 0.29) is 17.5 Å². The second-order valence-corrected chi connectivity index (χ2v) is 8.61. The molecule has 1 spiro atoms. The number of anilines is 1. The summed E-state index contributed by atoms with van der Waals surface area (Å²) in [6.07, 6.45) is 13.2. The van der Waals surface area contributed by atoms with Gasteiger partial charge in [0.25, 0.3) is 0 Å². The molecule has 7 nitrogen and oxygen atoms in total. The number of carbonyl (C=O) groups is 1. The molecule has 7 heteroatoms. The predicted octanol–water partition coefficient (Wildman–Crippen LogP) is 3.73. The van der Waals surface area contributed by atoms with Gasteiger partial charge in [0, 0.05) is 29.5 Å². The first-order valence-corrected chi connectivity index (χ1v) is 10.5. The highest BCUT2D eigenvalue weighted by Gasteiger charge is 2.37. The summed E-state index contributed by atoms with van der Waals surface area (Å²) < 4.78 is 2.42. The molecule has 3 aliphatic rings. The number of nitrogens with zero attached hydrogens (tertiary/aromatic N) is 4. The van der Waals surface area contributed by atoms with Gasteiger partial charge in [-0.25, -0.2) is 4.98 Å². The third-order valence-electron chi connectivity index (χ3n) is 6.78. The van der Waals surface area contributed by atoms with Gasteiger partial charge in [-0.15, -0.1) is 0 Å². The Morgan fingerprint density at radius 1 is 1.18 bits per heavy atom. The molecule has 148 valence electrons. The van der Waals surface area contributed by atoms with E-state index in [0.717, 1.165) is 49.6 Å². The minimum atomic E-state index is -0.671. The minimum absolute atomic E-state index is 0.0290. The van der Waals surface area contributed by atoms with Crippen molar-refractivity contribution in [3.05, 3.63) is 18.0 Å². The van der Waals surface area contributed by atoms with Gasteiger partial charge in [-0.1, -0.05) is 19.3 Å². The minimum Gasteiger partial charge on any atom is -0.481 e. The van der Waals surface area contributed by atoms with Crippen molar-refractivity contribution in [3.63, 3.8) is 0 Å². The summed E-state index contributed by atoms with van der Waals surface area (Å²) in [7, 11) is 0. The van der Waals surface area contributed by atoms with Gasteiger partial charge < -0.3 is 15.0 Å². The van der Waals surface area contributed by atoms with Crippen LogP contribution in [0, 0.1) is 5.92 Å². The average Bonchev–Trinajstić information content (AvgIpc) is 3.08. The van der Waals surface area contributed by atoms with Gasteiger partial charge in [-0.2, -0.15) is 4.98 Å². The zero-order valence-corrected chi connectivity index (χ0v) is 16.1. The Bertz CT molecular complexity index is 920. The van der Waals surface area contributed by atoms with E-state index in [2.05, 4.69) is 32.1 Å². The highest BCUT2D eigenvalue weighted by molar-refractivity contribution is 5.82. The fraction of sp³-hybridized carbons (Fsp3) is 0.619. The molecule has 5 rings (SSSR count). The number of carboxylic acids is 1. The van der Waals surface area contributed by atoms with Crippen LogP contribution in [0.2, 0.25) is 0 Å². The van der Waals surface area contributed by atoms with Crippen molar-refractivity contribution in [2.75, 3.05) is 5.32 Å². The maximum Gasteiger partial charge on any atom is 0.306 e. The van der Waals surface area contributed by atoms with E-state index in [1.165, 1.54) is 25.0 Å². The molecule has 2 aliphatic carbocycles. The van der Waals surface area contributed by atoms with Gasteiger partial charge >= 0.3 is 5.97 Å². The van der Waals surface area contributed by atoms with Crippen molar-refractivity contribution >= 4 is 29.2 Å². The zero-order chi connectivity index (χ0) is 19.1. The fourth-order valence-electron chi connectivity index (χ4n) is 5.28. The maximum atomic E-state index is 11.2. The summed E-state index contributed by atoms with van der Waals surface area (Å²) in [6, 6.07) is 2.43. The lowest BCUT2D eigenvalue weighted by Crippen LogP contribution is -2.40. The second kappa shape index (κ2) is 6.87. The third-order valence-corrected chi connectivity index (χ3v) is 6.78. The summed E-state index contributed by atoms with van der Waals surface area (Å²) in [5, 5.41) is 13.7. The van der Waals surface area contributed by atoms with E-state index in [1.807, 2.05) is 6.20 Å². The molecular weight excluding hydrogens is 354 g/mol. The molecule has 0 aromatic carbocycles. The molecule has 28 heavy (non-hydrogen) atoms. The quantitative estimate of drug-likeness (QED) is 0.845. The van der Waals surface area contributed by atoms with E-state index in [1.54, 1.807) is 0 Å². The largest absolute Gasteiger partial charge is 0.481 e. The van der Waals surface area contributed by atoms with E-state index in [9.17, 15) is 9.90 Å². The molecule has 0 radical (unpaired) electrons. The normalized spacial score (nSPS) is 26.3. The Morgan fingerprint density at radius 2 is 1.96 bits per heavy atom. The van der Waals surface area contributed by atoms with Crippen molar-refractivity contribution in [2.45, 2.75) is 75.9 Å². The van der Waals surface area contributed by atoms with Crippen LogP contribution in [0.1, 0.15) is 63.5 Å². The van der Waals surface area contributed by atoms with E-state index in [0.29, 0.717) is 12.5 Å². The van der Waals surface area contributed by atoms with Gasteiger partial charge in [0.05, 0.1) is 18.0 Å². The fourth-order valence-corrected chi connectivity index (χ4v) is 5.28. The van der Waals surface area contributed by atoms with Crippen molar-refractivity contribution in [1.82, 2.24) is 14.5 Å². The van der Waals surface area contributed by atoms with Gasteiger partial charge in [0.1, 0.15) is 5.65 Å². The van der Waals surface area contributed by atoms with Gasteiger partial charge in [0.15, 0.2) is 0 Å². The monoisotopic (exact) mass is 381 g/mol. The van der Waals surface area contributed by atoms with Gasteiger partial charge in [0.2, 0.25) is 5.95 Å². The zero-order valence-electron chi connectivity index (χ0n) is 16.1. The number of aliphatic carboxylic acids is 1. The average molecular weight is 381 g/mol. The summed E-state index contributed by atoms with van der Waals surface area (Å²) >= 11 is 0. The Kier molecular flexibility index (Phi) is 4.33. The van der Waals surface area contributed by atoms with Crippen molar-refractivity contribution in [3.8, 4) is 0 Å². The lowest BCUT2D eigenvalue weighted by Gasteiger charge is -2.39. The highest BCUT2D eigenvalue weighted by Crippen LogP contribution is 2.39. The Balaban J connectivity index is 1.42. The van der Waals surface area contributed by atoms with Gasteiger partial charge in [-0.05, 0) is 44.6 Å². The number of rotatable bonds is 3. The number of hydrogen-bond acceptors (Lipinski definition) is 5. The lowest BCUT2D eigenvalue weighted by molar-refractivity contribution is -0.142. The molecule has 0 amide bonds. The van der Waals surface area contributed by atoms with Crippen LogP contribution in [0.4, 0.5) is 5.95 Å². The molecule has 0 bridgehead atoms. The SMILES string of the molecule is O=C(O)C1CCC(Nc2ncc3cc4n(c3n2)C2(C=NC4)CCCCC2)CC1. The summed E-state index contributed by atoms with van der Waals surface area (Å²) in [6.45, 7) is 0.708. The highest BCUT2D eigenvalue weighted by atomic mass is 16.4. The molecular formula is C21H27N5O2. The number of aromatic nitrogens is 3. The number of aliphatic imine (C=N–C) groups is 1. The standard InChI is InChI=1S/C21H27N5O2/c27-19(28)14-4-6-16(7-5-14)24-20-23-11-15-10-17-12-22-13-21(8-2-1-3-9-21)26(17)18(15)25-20/h10-11,13-14,16H,1-9,12H2,(H,27,28)(H,23,24,25). The maximum absolute atomic E-state index is 11.2. The van der Waals surface area contributed by atoms with Crippen LogP contribution in [0.5, 0.6) is 0 Å². The first kappa shape index (κ1) is 17.6. The van der Waals surface area contributed by atoms with Crippen LogP contribution in [0.25, 0.3) is 11.0 Å². The molecule has 2 aromatic rings. The molecule has 2 saturated carbocycles. The summed E-state index contributed by atoms with van der Waals surface area (Å²) in [4.78, 5) is 25.3. The van der Waals surface area contributed by atoms with Crippen molar-refractivity contribution in [1.29, 1.82) is 0 Å². The number of fused-ring (bicyclic) bond motifs is 4. The van der Waals surface area contributed by atoms with Crippen LogP contribution < -0.4 is 5.32 Å². The molecule has 0 atom stereocenters. The van der Waals surface area contributed by atoms with E-state index >= 15 is 0 Å². The molecule has 2 aromatic heterocycles. The van der Waals surface area contributed by atoms with E-state index < -0.39 is 5.97 Å². The smallest absolute Gasteiger partial charge is 0.306 e. The molecule has 1 aliphatic heterocycles. The molecule has 2 fully saturated rings. The molecule has 2 N–H and O–H groups in total. The van der Waals surface area contributed by atoms with Crippen LogP contribution in [0.15, 0.2) is 17.3 Å². The summed E-state index contributed by atoms with van der Waals surface area (Å²) in [5.41, 5.74) is 2.20. The number of carboxylic acid groups (broad SMARTS) is 1. The Morgan fingerprint density at radius 3 is 2.71 bits per heavy atom. The number of hydrogen-bond donors (Lipinski definition) is 2. The Labute approximate surface area is 164 Å². The van der Waals surface area contributed by atoms with Gasteiger partial charge in [-0.3, -0.25) is 9.79 Å². The van der Waals surface area contributed by atoms with Crippen molar-refractivity contribution < 1.29 is 9.90 Å². The second-order valence-electron chi connectivity index (χ2n) is 8.61. The molecule has 0 saturated heterocycles. The Hall–Kier alpha value is -2.44. The van der Waals surface area contributed by atoms with Crippen LogP contribution >= 0.6 is 0 Å². The lowest BCUT2D eigenvalue weighted by atomic mass is 9.81. The summed E-state index contributed by atoms with van der Waals surface area (Å²) in [5.74, 6) is -0.222. The van der Waals surface area contributed by atoms with Crippen molar-refractivity contribution in [2.24, 2.45) is 10.9 Å². The van der Waals surface area contributed by atoms with Crippen LogP contribution in [-0.4, -0.2) is 37.9 Å². The van der Waals surface area contributed by atoms with Crippen LogP contribution in [0.3, 0.4) is 0 Å². The predicted molar refractivity (Wildman–Crippen MR) is 108 cm³/mol. The topological polar surface area (TPSA) is 92.4 Å². The first-order valence-electron chi connectivity index (χ1n) is 10.5. The molecule has 3 heterocycles. The van der Waals surface area contributed by atoms with E-state index in [4.69, 9.17) is 4.98 Å². The number of nitrogens with one attached hydrogen (secondary N) is 1. The molecule has 0 unspecified atom stereocenters. The third kappa shape index (κ3) is 2.97. The van der Waals surface area contributed by atoms with Crippen LogP contribution in [-0.2, 0) is 16.9 Å². The first-order chi connectivity index (χ1) is 13.6.